The predicted molar refractivity (Wildman–Crippen MR) is 76.4 cm³/mol. The first kappa shape index (κ1) is 12.2. The first-order valence-corrected chi connectivity index (χ1v) is 6.91. The highest BCUT2D eigenvalue weighted by molar-refractivity contribution is 9.10. The summed E-state index contributed by atoms with van der Waals surface area (Å²) in [6.07, 6.45) is 0. The fourth-order valence-electron chi connectivity index (χ4n) is 1.49. The van der Waals surface area contributed by atoms with Gasteiger partial charge in [0.25, 0.3) is 0 Å². The third-order valence-corrected chi connectivity index (χ3v) is 4.24. The third-order valence-electron chi connectivity index (χ3n) is 2.34. The van der Waals surface area contributed by atoms with Crippen molar-refractivity contribution in [2.75, 3.05) is 0 Å². The molecule has 3 heteroatoms. The van der Waals surface area contributed by atoms with Crippen LogP contribution in [-0.4, -0.2) is 0 Å². The summed E-state index contributed by atoms with van der Waals surface area (Å²) in [5.74, 6) is 0. The van der Waals surface area contributed by atoms with E-state index in [1.54, 1.807) is 0 Å². The molecule has 0 amide bonds. The first-order valence-electron chi connectivity index (χ1n) is 4.82. The van der Waals surface area contributed by atoms with Crippen molar-refractivity contribution in [3.05, 3.63) is 69.2 Å². The van der Waals surface area contributed by atoms with Gasteiger partial charge in [-0.1, -0.05) is 73.8 Å². The third kappa shape index (κ3) is 2.68. The molecule has 1 atom stereocenters. The van der Waals surface area contributed by atoms with Crippen LogP contribution in [0.2, 0.25) is 5.02 Å². The van der Waals surface area contributed by atoms with Gasteiger partial charge < -0.3 is 0 Å². The second-order valence-electron chi connectivity index (χ2n) is 3.44. The molecule has 0 nitrogen and oxygen atoms in total. The zero-order valence-corrected chi connectivity index (χ0v) is 12.3. The van der Waals surface area contributed by atoms with Crippen molar-refractivity contribution < 1.29 is 0 Å². The van der Waals surface area contributed by atoms with Crippen LogP contribution in [0.5, 0.6) is 0 Å². The normalized spacial score (nSPS) is 12.4. The minimum Gasteiger partial charge on any atom is -0.0840 e. The van der Waals surface area contributed by atoms with Gasteiger partial charge in [0.05, 0.1) is 4.83 Å². The Labute approximate surface area is 117 Å². The number of rotatable bonds is 2. The molecule has 2 aromatic carbocycles. The van der Waals surface area contributed by atoms with Crippen molar-refractivity contribution in [1.29, 1.82) is 0 Å². The van der Waals surface area contributed by atoms with Gasteiger partial charge in [0.1, 0.15) is 0 Å². The summed E-state index contributed by atoms with van der Waals surface area (Å²) in [6.45, 7) is 0. The van der Waals surface area contributed by atoms with Crippen molar-refractivity contribution >= 4 is 43.5 Å². The van der Waals surface area contributed by atoms with E-state index in [-0.39, 0.29) is 4.83 Å². The van der Waals surface area contributed by atoms with Gasteiger partial charge in [0.15, 0.2) is 0 Å². The van der Waals surface area contributed by atoms with Gasteiger partial charge in [-0.25, -0.2) is 0 Å². The smallest absolute Gasteiger partial charge is 0.0659 e. The zero-order valence-electron chi connectivity index (χ0n) is 8.33. The van der Waals surface area contributed by atoms with Crippen molar-refractivity contribution in [3.8, 4) is 0 Å². The van der Waals surface area contributed by atoms with Crippen molar-refractivity contribution in [2.24, 2.45) is 0 Å². The lowest BCUT2D eigenvalue weighted by Crippen LogP contribution is -1.93. The molecule has 0 aromatic heterocycles. The van der Waals surface area contributed by atoms with Crippen LogP contribution in [-0.2, 0) is 0 Å². The molecule has 0 aliphatic heterocycles. The molecule has 0 bridgehead atoms. The standard InChI is InChI=1S/C13H9Br2Cl/c14-10-7-5-9(6-8-10)13(15)11-3-1-2-4-12(11)16/h1-8,13H. The Morgan fingerprint density at radius 1 is 0.938 bits per heavy atom. The van der Waals surface area contributed by atoms with Crippen LogP contribution in [0.1, 0.15) is 16.0 Å². The van der Waals surface area contributed by atoms with Crippen molar-refractivity contribution in [3.63, 3.8) is 0 Å². The topological polar surface area (TPSA) is 0 Å². The van der Waals surface area contributed by atoms with Gasteiger partial charge in [0.2, 0.25) is 0 Å². The minimum atomic E-state index is 0.134. The monoisotopic (exact) mass is 358 g/mol. The summed E-state index contributed by atoms with van der Waals surface area (Å²) < 4.78 is 1.08. The van der Waals surface area contributed by atoms with E-state index >= 15 is 0 Å². The first-order chi connectivity index (χ1) is 7.68. The fraction of sp³-hybridized carbons (Fsp3) is 0.0769. The molecule has 82 valence electrons. The molecule has 2 aromatic rings. The second-order valence-corrected chi connectivity index (χ2v) is 5.67. The van der Waals surface area contributed by atoms with E-state index in [1.807, 2.05) is 36.4 Å². The Hall–Kier alpha value is -0.310. The van der Waals surface area contributed by atoms with Crippen LogP contribution >= 0.6 is 43.5 Å². The number of hydrogen-bond acceptors (Lipinski definition) is 0. The fourth-order valence-corrected chi connectivity index (χ4v) is 2.84. The number of alkyl halides is 1. The Morgan fingerprint density at radius 3 is 2.19 bits per heavy atom. The maximum Gasteiger partial charge on any atom is 0.0659 e. The maximum absolute atomic E-state index is 6.16. The number of benzene rings is 2. The molecule has 16 heavy (non-hydrogen) atoms. The highest BCUT2D eigenvalue weighted by atomic mass is 79.9. The van der Waals surface area contributed by atoms with Gasteiger partial charge in [0, 0.05) is 9.50 Å². The van der Waals surface area contributed by atoms with E-state index in [2.05, 4.69) is 44.0 Å². The summed E-state index contributed by atoms with van der Waals surface area (Å²) in [6, 6.07) is 16.1. The van der Waals surface area contributed by atoms with Gasteiger partial charge in [-0.2, -0.15) is 0 Å². The molecule has 0 aliphatic rings. The molecule has 0 radical (unpaired) electrons. The van der Waals surface area contributed by atoms with Crippen LogP contribution < -0.4 is 0 Å². The summed E-state index contributed by atoms with van der Waals surface area (Å²) in [4.78, 5) is 0.134. The van der Waals surface area contributed by atoms with Crippen molar-refractivity contribution in [2.45, 2.75) is 4.83 Å². The molecule has 0 saturated carbocycles. The molecular formula is C13H9Br2Cl. The SMILES string of the molecule is Clc1ccccc1C(Br)c1ccc(Br)cc1. The summed E-state index contributed by atoms with van der Waals surface area (Å²) in [5.41, 5.74) is 2.28. The largest absolute Gasteiger partial charge is 0.0840 e. The van der Waals surface area contributed by atoms with E-state index < -0.39 is 0 Å². The van der Waals surface area contributed by atoms with Gasteiger partial charge in [-0.15, -0.1) is 0 Å². The van der Waals surface area contributed by atoms with Crippen LogP contribution in [0.15, 0.2) is 53.0 Å². The summed E-state index contributed by atoms with van der Waals surface area (Å²) in [7, 11) is 0. The Morgan fingerprint density at radius 2 is 1.56 bits per heavy atom. The second kappa shape index (κ2) is 5.35. The molecule has 0 saturated heterocycles. The molecule has 0 heterocycles. The lowest BCUT2D eigenvalue weighted by molar-refractivity contribution is 1.18. The highest BCUT2D eigenvalue weighted by Crippen LogP contribution is 2.35. The van der Waals surface area contributed by atoms with E-state index in [1.165, 1.54) is 5.56 Å². The summed E-state index contributed by atoms with van der Waals surface area (Å²) >= 11 is 13.3. The molecule has 0 aliphatic carbocycles. The molecular weight excluding hydrogens is 351 g/mol. The quantitative estimate of drug-likeness (QED) is 0.613. The van der Waals surface area contributed by atoms with Crippen molar-refractivity contribution in [1.82, 2.24) is 0 Å². The van der Waals surface area contributed by atoms with Crippen LogP contribution in [0.4, 0.5) is 0 Å². The minimum absolute atomic E-state index is 0.134. The maximum atomic E-state index is 6.16. The molecule has 1 unspecified atom stereocenters. The van der Waals surface area contributed by atoms with Crippen LogP contribution in [0, 0.1) is 0 Å². The van der Waals surface area contributed by atoms with E-state index in [0.717, 1.165) is 15.1 Å². The van der Waals surface area contributed by atoms with Gasteiger partial charge in [-0.05, 0) is 29.3 Å². The Bertz CT molecular complexity index is 480. The number of halogens is 3. The van der Waals surface area contributed by atoms with Gasteiger partial charge in [-0.3, -0.25) is 0 Å². The van der Waals surface area contributed by atoms with Crippen LogP contribution in [0.3, 0.4) is 0 Å². The highest BCUT2D eigenvalue weighted by Gasteiger charge is 2.12. The van der Waals surface area contributed by atoms with E-state index in [0.29, 0.717) is 0 Å². The van der Waals surface area contributed by atoms with Crippen LogP contribution in [0.25, 0.3) is 0 Å². The zero-order chi connectivity index (χ0) is 11.5. The molecule has 0 fully saturated rings. The molecule has 0 N–H and O–H groups in total. The average molecular weight is 360 g/mol. The van der Waals surface area contributed by atoms with E-state index in [9.17, 15) is 0 Å². The predicted octanol–water partition coefficient (Wildman–Crippen LogP) is 5.59. The Kier molecular flexibility index (Phi) is 4.06. The molecule has 0 spiro atoms. The number of hydrogen-bond donors (Lipinski definition) is 0. The van der Waals surface area contributed by atoms with E-state index in [4.69, 9.17) is 11.6 Å². The Balaban J connectivity index is 2.35. The average Bonchev–Trinajstić information content (AvgIpc) is 2.30. The van der Waals surface area contributed by atoms with Gasteiger partial charge >= 0.3 is 0 Å². The summed E-state index contributed by atoms with van der Waals surface area (Å²) in [5, 5.41) is 0.785. The lowest BCUT2D eigenvalue weighted by Gasteiger charge is -2.12. The lowest BCUT2D eigenvalue weighted by atomic mass is 10.1. The molecule has 2 rings (SSSR count).